The molecule has 0 aliphatic carbocycles. The summed E-state index contributed by atoms with van der Waals surface area (Å²) in [7, 11) is 0. The van der Waals surface area contributed by atoms with Crippen LogP contribution in [0.2, 0.25) is 0 Å². The molecule has 1 aliphatic heterocycles. The van der Waals surface area contributed by atoms with E-state index in [4.69, 9.17) is 11.6 Å². The Morgan fingerprint density at radius 1 is 1.50 bits per heavy atom. The lowest BCUT2D eigenvalue weighted by atomic mass is 9.94. The third kappa shape index (κ3) is 2.45. The molecule has 0 saturated heterocycles. The van der Waals surface area contributed by atoms with Crippen LogP contribution in [0.15, 0.2) is 29.6 Å². The number of fused-ring (bicyclic) bond motifs is 1. The van der Waals surface area contributed by atoms with Gasteiger partial charge in [0.25, 0.3) is 0 Å². The number of rotatable bonds is 3. The van der Waals surface area contributed by atoms with Gasteiger partial charge in [-0.05, 0) is 24.0 Å². The van der Waals surface area contributed by atoms with Gasteiger partial charge in [0.15, 0.2) is 10.9 Å². The number of halogens is 1. The second-order valence-electron chi connectivity index (χ2n) is 5.12. The molecule has 0 amide bonds. The van der Waals surface area contributed by atoms with Gasteiger partial charge in [-0.1, -0.05) is 25.1 Å². The SMILES string of the molecule is CC1Cc2ccccc2N(c2nc(C(=O)CCl)cs2)C1. The molecule has 1 aromatic carbocycles. The molecular weight excluding hydrogens is 292 g/mol. The summed E-state index contributed by atoms with van der Waals surface area (Å²) in [4.78, 5) is 18.3. The first-order chi connectivity index (χ1) is 9.69. The molecule has 0 spiro atoms. The van der Waals surface area contributed by atoms with E-state index in [0.717, 1.165) is 18.1 Å². The van der Waals surface area contributed by atoms with Crippen molar-refractivity contribution in [1.29, 1.82) is 0 Å². The van der Waals surface area contributed by atoms with E-state index in [2.05, 4.69) is 35.0 Å². The van der Waals surface area contributed by atoms with Gasteiger partial charge in [-0.3, -0.25) is 4.79 Å². The van der Waals surface area contributed by atoms with Crippen LogP contribution in [0.3, 0.4) is 0 Å². The molecule has 0 fully saturated rings. The number of para-hydroxylation sites is 1. The van der Waals surface area contributed by atoms with Crippen molar-refractivity contribution >= 4 is 39.5 Å². The number of nitrogens with zero attached hydrogens (tertiary/aromatic N) is 2. The Labute approximate surface area is 127 Å². The number of anilines is 2. The van der Waals surface area contributed by atoms with Gasteiger partial charge in [-0.15, -0.1) is 22.9 Å². The van der Waals surface area contributed by atoms with Crippen molar-refractivity contribution in [3.05, 3.63) is 40.9 Å². The molecule has 3 rings (SSSR count). The van der Waals surface area contributed by atoms with E-state index in [9.17, 15) is 4.79 Å². The van der Waals surface area contributed by atoms with Crippen molar-refractivity contribution in [1.82, 2.24) is 4.98 Å². The number of aromatic nitrogens is 1. The second-order valence-corrected chi connectivity index (χ2v) is 6.22. The van der Waals surface area contributed by atoms with E-state index in [-0.39, 0.29) is 11.7 Å². The molecule has 1 aliphatic rings. The topological polar surface area (TPSA) is 33.2 Å². The second kappa shape index (κ2) is 5.54. The zero-order chi connectivity index (χ0) is 14.1. The van der Waals surface area contributed by atoms with Gasteiger partial charge in [-0.25, -0.2) is 4.98 Å². The summed E-state index contributed by atoms with van der Waals surface area (Å²) < 4.78 is 0. The Hall–Kier alpha value is -1.39. The summed E-state index contributed by atoms with van der Waals surface area (Å²) >= 11 is 7.09. The van der Waals surface area contributed by atoms with Crippen LogP contribution in [0, 0.1) is 5.92 Å². The van der Waals surface area contributed by atoms with Gasteiger partial charge in [0.05, 0.1) is 5.88 Å². The fourth-order valence-electron chi connectivity index (χ4n) is 2.56. The maximum absolute atomic E-state index is 11.6. The van der Waals surface area contributed by atoms with Gasteiger partial charge in [0.1, 0.15) is 5.69 Å². The van der Waals surface area contributed by atoms with E-state index in [0.29, 0.717) is 11.6 Å². The standard InChI is InChI=1S/C15H15ClN2OS/c1-10-6-11-4-2-3-5-13(11)18(8-10)15-17-12(9-20-15)14(19)7-16/h2-5,9-10H,6-8H2,1H3. The number of ketones is 1. The number of Topliss-reactive ketones (excluding diaryl/α,β-unsaturated/α-hetero) is 1. The van der Waals surface area contributed by atoms with Gasteiger partial charge in [0, 0.05) is 17.6 Å². The van der Waals surface area contributed by atoms with Crippen LogP contribution in [-0.4, -0.2) is 23.2 Å². The molecule has 0 N–H and O–H groups in total. The monoisotopic (exact) mass is 306 g/mol. The molecule has 2 aromatic rings. The first-order valence-corrected chi connectivity index (χ1v) is 8.00. The minimum Gasteiger partial charge on any atom is -0.317 e. The smallest absolute Gasteiger partial charge is 0.196 e. The molecule has 1 unspecified atom stereocenters. The summed E-state index contributed by atoms with van der Waals surface area (Å²) in [5.74, 6) is 0.435. The largest absolute Gasteiger partial charge is 0.317 e. The highest BCUT2D eigenvalue weighted by Crippen LogP contribution is 2.36. The summed E-state index contributed by atoms with van der Waals surface area (Å²) in [6.07, 6.45) is 1.09. The normalized spacial score (nSPS) is 17.9. The van der Waals surface area contributed by atoms with Crippen LogP contribution in [-0.2, 0) is 6.42 Å². The molecule has 0 bridgehead atoms. The highest BCUT2D eigenvalue weighted by Gasteiger charge is 2.25. The maximum Gasteiger partial charge on any atom is 0.196 e. The highest BCUT2D eigenvalue weighted by molar-refractivity contribution is 7.14. The predicted octanol–water partition coefficient (Wildman–Crippen LogP) is 3.89. The van der Waals surface area contributed by atoms with E-state index in [1.807, 2.05) is 6.07 Å². The molecular formula is C15H15ClN2OS. The minimum absolute atomic E-state index is 0.0177. The van der Waals surface area contributed by atoms with Crippen LogP contribution in [0.1, 0.15) is 23.0 Å². The van der Waals surface area contributed by atoms with Crippen molar-refractivity contribution in [2.45, 2.75) is 13.3 Å². The number of carbonyl (C=O) groups excluding carboxylic acids is 1. The maximum atomic E-state index is 11.6. The van der Waals surface area contributed by atoms with E-state index >= 15 is 0 Å². The van der Waals surface area contributed by atoms with Gasteiger partial charge < -0.3 is 4.90 Å². The predicted molar refractivity (Wildman–Crippen MR) is 83.5 cm³/mol. The van der Waals surface area contributed by atoms with Crippen molar-refractivity contribution in [3.8, 4) is 0 Å². The average Bonchev–Trinajstić information content (AvgIpc) is 2.95. The lowest BCUT2D eigenvalue weighted by Gasteiger charge is -2.32. The fourth-order valence-corrected chi connectivity index (χ4v) is 3.55. The van der Waals surface area contributed by atoms with Crippen LogP contribution in [0.4, 0.5) is 10.8 Å². The molecule has 1 aromatic heterocycles. The zero-order valence-corrected chi connectivity index (χ0v) is 12.7. The Morgan fingerprint density at radius 3 is 3.10 bits per heavy atom. The first kappa shape index (κ1) is 13.6. The van der Waals surface area contributed by atoms with Crippen LogP contribution >= 0.6 is 22.9 Å². The van der Waals surface area contributed by atoms with Crippen LogP contribution in [0.25, 0.3) is 0 Å². The molecule has 3 nitrogen and oxygen atoms in total. The number of alkyl halides is 1. The van der Waals surface area contributed by atoms with Crippen LogP contribution < -0.4 is 4.90 Å². The molecule has 104 valence electrons. The van der Waals surface area contributed by atoms with E-state index in [1.165, 1.54) is 22.6 Å². The Morgan fingerprint density at radius 2 is 2.30 bits per heavy atom. The van der Waals surface area contributed by atoms with Crippen molar-refractivity contribution in [2.24, 2.45) is 5.92 Å². The first-order valence-electron chi connectivity index (χ1n) is 6.59. The Bertz CT molecular complexity index is 640. The number of thiazole rings is 1. The van der Waals surface area contributed by atoms with E-state index in [1.54, 1.807) is 5.38 Å². The number of hydrogen-bond donors (Lipinski definition) is 0. The van der Waals surface area contributed by atoms with Crippen molar-refractivity contribution < 1.29 is 4.79 Å². The lowest BCUT2D eigenvalue weighted by Crippen LogP contribution is -2.30. The average molecular weight is 307 g/mol. The summed E-state index contributed by atoms with van der Waals surface area (Å²) in [5.41, 5.74) is 3.01. The third-order valence-corrected chi connectivity index (χ3v) is 4.58. The van der Waals surface area contributed by atoms with Crippen LogP contribution in [0.5, 0.6) is 0 Å². The molecule has 20 heavy (non-hydrogen) atoms. The fraction of sp³-hybridized carbons (Fsp3) is 0.333. The van der Waals surface area contributed by atoms with Gasteiger partial charge in [0.2, 0.25) is 0 Å². The van der Waals surface area contributed by atoms with Crippen molar-refractivity contribution in [3.63, 3.8) is 0 Å². The molecule has 0 radical (unpaired) electrons. The quantitative estimate of drug-likeness (QED) is 0.637. The number of benzene rings is 1. The van der Waals surface area contributed by atoms with Crippen molar-refractivity contribution in [2.75, 3.05) is 17.3 Å². The highest BCUT2D eigenvalue weighted by atomic mass is 35.5. The Kier molecular flexibility index (Phi) is 3.76. The number of carbonyl (C=O) groups is 1. The summed E-state index contributed by atoms with van der Waals surface area (Å²) in [6, 6.07) is 8.39. The van der Waals surface area contributed by atoms with Gasteiger partial charge in [-0.2, -0.15) is 0 Å². The number of hydrogen-bond acceptors (Lipinski definition) is 4. The zero-order valence-electron chi connectivity index (χ0n) is 11.2. The van der Waals surface area contributed by atoms with Gasteiger partial charge >= 0.3 is 0 Å². The molecule has 2 heterocycles. The summed E-state index contributed by atoms with van der Waals surface area (Å²) in [5, 5.41) is 2.67. The lowest BCUT2D eigenvalue weighted by molar-refractivity contribution is 0.101. The molecule has 0 saturated carbocycles. The minimum atomic E-state index is -0.118. The molecule has 5 heteroatoms. The third-order valence-electron chi connectivity index (χ3n) is 3.48. The van der Waals surface area contributed by atoms with E-state index < -0.39 is 0 Å². The Balaban J connectivity index is 1.98. The molecule has 1 atom stereocenters. The summed E-state index contributed by atoms with van der Waals surface area (Å²) in [6.45, 7) is 3.17.